The van der Waals surface area contributed by atoms with Crippen LogP contribution in [0.1, 0.15) is 24.2 Å². The molecule has 0 radical (unpaired) electrons. The van der Waals surface area contributed by atoms with Crippen molar-refractivity contribution in [2.75, 3.05) is 13.1 Å². The molecule has 20 heavy (non-hydrogen) atoms. The highest BCUT2D eigenvalue weighted by Gasteiger charge is 2.23. The van der Waals surface area contributed by atoms with Crippen LogP contribution in [-0.2, 0) is 0 Å². The molecule has 0 spiro atoms. The lowest BCUT2D eigenvalue weighted by Crippen LogP contribution is -2.39. The first-order valence-corrected chi connectivity index (χ1v) is 6.92. The molecule has 5 nitrogen and oxygen atoms in total. The predicted molar refractivity (Wildman–Crippen MR) is 78.3 cm³/mol. The van der Waals surface area contributed by atoms with Crippen LogP contribution in [0.25, 0.3) is 0 Å². The highest BCUT2D eigenvalue weighted by Crippen LogP contribution is 2.21. The summed E-state index contributed by atoms with van der Waals surface area (Å²) >= 11 is 3.18. The van der Waals surface area contributed by atoms with Gasteiger partial charge in [-0.1, -0.05) is 18.1 Å². The number of halogens is 2. The van der Waals surface area contributed by atoms with E-state index in [1.54, 1.807) is 19.9 Å². The van der Waals surface area contributed by atoms with Crippen LogP contribution in [-0.4, -0.2) is 34.9 Å². The van der Waals surface area contributed by atoms with E-state index in [4.69, 9.17) is 10.9 Å². The molecule has 0 aliphatic carbocycles. The fourth-order valence-corrected chi connectivity index (χ4v) is 2.25. The lowest BCUT2D eigenvalue weighted by Gasteiger charge is -2.24. The summed E-state index contributed by atoms with van der Waals surface area (Å²) < 4.78 is 14.2. The number of benzene rings is 1. The van der Waals surface area contributed by atoms with Crippen LogP contribution >= 0.6 is 15.9 Å². The zero-order valence-electron chi connectivity index (χ0n) is 11.3. The summed E-state index contributed by atoms with van der Waals surface area (Å²) in [7, 11) is 0. The molecule has 1 aromatic carbocycles. The van der Waals surface area contributed by atoms with Gasteiger partial charge in [0.25, 0.3) is 5.91 Å². The van der Waals surface area contributed by atoms with Crippen LogP contribution in [0.15, 0.2) is 27.8 Å². The summed E-state index contributed by atoms with van der Waals surface area (Å²) in [6.45, 7) is 4.14. The van der Waals surface area contributed by atoms with Crippen LogP contribution in [0, 0.1) is 11.7 Å². The maximum Gasteiger partial charge on any atom is 0.257 e. The Bertz CT molecular complexity index is 502. The molecule has 0 heterocycles. The van der Waals surface area contributed by atoms with E-state index in [2.05, 4.69) is 21.1 Å². The molecule has 1 rings (SSSR count). The SMILES string of the molecule is CCN(CC(C)/C(N)=N/O)C(=O)c1c(F)cccc1Br. The van der Waals surface area contributed by atoms with Gasteiger partial charge in [-0.3, -0.25) is 4.79 Å². The van der Waals surface area contributed by atoms with Crippen LogP contribution in [0.4, 0.5) is 4.39 Å². The van der Waals surface area contributed by atoms with E-state index in [9.17, 15) is 9.18 Å². The second-order valence-electron chi connectivity index (χ2n) is 4.37. The van der Waals surface area contributed by atoms with Gasteiger partial charge in [-0.15, -0.1) is 0 Å². The van der Waals surface area contributed by atoms with Gasteiger partial charge in [0.05, 0.1) is 5.56 Å². The summed E-state index contributed by atoms with van der Waals surface area (Å²) in [6.07, 6.45) is 0. The molecule has 1 atom stereocenters. The van der Waals surface area contributed by atoms with Crippen molar-refractivity contribution in [2.24, 2.45) is 16.8 Å². The number of oxime groups is 1. The molecule has 1 unspecified atom stereocenters. The van der Waals surface area contributed by atoms with Crippen molar-refractivity contribution in [3.05, 3.63) is 34.1 Å². The molecule has 0 saturated carbocycles. The Labute approximate surface area is 125 Å². The molecule has 110 valence electrons. The number of carbonyl (C=O) groups is 1. The third-order valence-corrected chi connectivity index (χ3v) is 3.62. The molecule has 0 fully saturated rings. The zero-order valence-corrected chi connectivity index (χ0v) is 12.9. The van der Waals surface area contributed by atoms with Gasteiger partial charge < -0.3 is 15.8 Å². The molecule has 7 heteroatoms. The first-order chi connectivity index (χ1) is 9.42. The van der Waals surface area contributed by atoms with Gasteiger partial charge >= 0.3 is 0 Å². The second-order valence-corrected chi connectivity index (χ2v) is 5.22. The van der Waals surface area contributed by atoms with Crippen molar-refractivity contribution in [3.8, 4) is 0 Å². The molecule has 0 aliphatic heterocycles. The van der Waals surface area contributed by atoms with Gasteiger partial charge in [-0.05, 0) is 35.0 Å². The van der Waals surface area contributed by atoms with E-state index in [1.165, 1.54) is 17.0 Å². The highest BCUT2D eigenvalue weighted by molar-refractivity contribution is 9.10. The van der Waals surface area contributed by atoms with E-state index < -0.39 is 11.7 Å². The quantitative estimate of drug-likeness (QED) is 0.372. The first-order valence-electron chi connectivity index (χ1n) is 6.13. The highest BCUT2D eigenvalue weighted by atomic mass is 79.9. The lowest BCUT2D eigenvalue weighted by atomic mass is 10.1. The van der Waals surface area contributed by atoms with E-state index in [-0.39, 0.29) is 23.9 Å². The Morgan fingerprint density at radius 1 is 1.60 bits per heavy atom. The number of hydrogen-bond acceptors (Lipinski definition) is 3. The van der Waals surface area contributed by atoms with Crippen molar-refractivity contribution < 1.29 is 14.4 Å². The topological polar surface area (TPSA) is 78.9 Å². The van der Waals surface area contributed by atoms with E-state index in [0.717, 1.165) is 0 Å². The number of hydrogen-bond donors (Lipinski definition) is 2. The number of rotatable bonds is 5. The molecule has 0 saturated heterocycles. The maximum atomic E-state index is 13.8. The largest absolute Gasteiger partial charge is 0.409 e. The number of nitrogens with zero attached hydrogens (tertiary/aromatic N) is 2. The molecule has 3 N–H and O–H groups in total. The standard InChI is InChI=1S/C13H17BrFN3O2/c1-3-18(7-8(2)12(16)17-20)13(19)11-9(14)5-4-6-10(11)15/h4-6,8,20H,3,7H2,1-2H3,(H2,16,17). The number of nitrogens with two attached hydrogens (primary N) is 1. The minimum Gasteiger partial charge on any atom is -0.409 e. The monoisotopic (exact) mass is 345 g/mol. The summed E-state index contributed by atoms with van der Waals surface area (Å²) in [5.41, 5.74) is 5.48. The van der Waals surface area contributed by atoms with Gasteiger partial charge in [0.2, 0.25) is 0 Å². The maximum absolute atomic E-state index is 13.8. The van der Waals surface area contributed by atoms with E-state index >= 15 is 0 Å². The average molecular weight is 346 g/mol. The lowest BCUT2D eigenvalue weighted by molar-refractivity contribution is 0.0748. The Kier molecular flexibility index (Phi) is 5.94. The molecule has 0 bridgehead atoms. The normalized spacial score (nSPS) is 13.1. The molecule has 0 aromatic heterocycles. The minimum atomic E-state index is -0.584. The van der Waals surface area contributed by atoms with Crippen molar-refractivity contribution in [1.29, 1.82) is 0 Å². The van der Waals surface area contributed by atoms with Gasteiger partial charge in [-0.2, -0.15) is 0 Å². The fourth-order valence-electron chi connectivity index (χ4n) is 1.74. The Morgan fingerprint density at radius 3 is 2.75 bits per heavy atom. The van der Waals surface area contributed by atoms with Crippen LogP contribution in [0.3, 0.4) is 0 Å². The molecule has 1 amide bonds. The van der Waals surface area contributed by atoms with Crippen LogP contribution in [0.2, 0.25) is 0 Å². The fraction of sp³-hybridized carbons (Fsp3) is 0.385. The molecule has 0 aliphatic rings. The predicted octanol–water partition coefficient (Wildman–Crippen LogP) is 2.43. The Balaban J connectivity index is 2.98. The number of amidine groups is 1. The first kappa shape index (κ1) is 16.4. The second kappa shape index (κ2) is 7.23. The van der Waals surface area contributed by atoms with Crippen molar-refractivity contribution >= 4 is 27.7 Å². The third kappa shape index (κ3) is 3.69. The van der Waals surface area contributed by atoms with E-state index in [0.29, 0.717) is 11.0 Å². The van der Waals surface area contributed by atoms with Crippen LogP contribution < -0.4 is 5.73 Å². The number of carbonyl (C=O) groups excluding carboxylic acids is 1. The Morgan fingerprint density at radius 2 is 2.25 bits per heavy atom. The van der Waals surface area contributed by atoms with Gasteiger partial charge in [0, 0.05) is 23.5 Å². The zero-order chi connectivity index (χ0) is 15.3. The molecular formula is C13H17BrFN3O2. The van der Waals surface area contributed by atoms with Crippen molar-refractivity contribution in [2.45, 2.75) is 13.8 Å². The van der Waals surface area contributed by atoms with Crippen molar-refractivity contribution in [3.63, 3.8) is 0 Å². The summed E-state index contributed by atoms with van der Waals surface area (Å²) in [6, 6.07) is 4.36. The average Bonchev–Trinajstić information content (AvgIpc) is 2.43. The van der Waals surface area contributed by atoms with Crippen molar-refractivity contribution in [1.82, 2.24) is 4.90 Å². The van der Waals surface area contributed by atoms with Gasteiger partial charge in [0.15, 0.2) is 0 Å². The smallest absolute Gasteiger partial charge is 0.257 e. The summed E-state index contributed by atoms with van der Waals surface area (Å²) in [4.78, 5) is 13.8. The van der Waals surface area contributed by atoms with E-state index in [1.807, 2.05) is 0 Å². The minimum absolute atomic E-state index is 0.0129. The number of amides is 1. The van der Waals surface area contributed by atoms with Crippen LogP contribution in [0.5, 0.6) is 0 Å². The Hall–Kier alpha value is -1.63. The summed E-state index contributed by atoms with van der Waals surface area (Å²) in [5, 5.41) is 11.5. The molecular weight excluding hydrogens is 329 g/mol. The molecule has 1 aromatic rings. The van der Waals surface area contributed by atoms with Gasteiger partial charge in [-0.25, -0.2) is 4.39 Å². The van der Waals surface area contributed by atoms with Gasteiger partial charge in [0.1, 0.15) is 11.7 Å². The summed E-state index contributed by atoms with van der Waals surface area (Å²) in [5.74, 6) is -1.31. The third-order valence-electron chi connectivity index (χ3n) is 2.96.